The first kappa shape index (κ1) is 21.0. The number of hydrogen-bond acceptors (Lipinski definition) is 6. The third-order valence-corrected chi connectivity index (χ3v) is 7.06. The molecule has 2 unspecified atom stereocenters. The van der Waals surface area contributed by atoms with E-state index in [4.69, 9.17) is 10.1 Å². The van der Waals surface area contributed by atoms with Crippen molar-refractivity contribution in [3.05, 3.63) is 72.8 Å². The predicted octanol–water partition coefficient (Wildman–Crippen LogP) is 5.16. The van der Waals surface area contributed by atoms with Crippen molar-refractivity contribution in [2.75, 3.05) is 5.32 Å². The van der Waals surface area contributed by atoms with Crippen LogP contribution in [0.1, 0.15) is 44.1 Å². The van der Waals surface area contributed by atoms with Crippen LogP contribution in [-0.2, 0) is 6.54 Å². The van der Waals surface area contributed by atoms with E-state index in [1.54, 1.807) is 12.4 Å². The summed E-state index contributed by atoms with van der Waals surface area (Å²) in [7, 11) is 0. The van der Waals surface area contributed by atoms with Gasteiger partial charge in [-0.25, -0.2) is 9.97 Å². The molecule has 172 valence electrons. The van der Waals surface area contributed by atoms with Gasteiger partial charge in [0.1, 0.15) is 5.69 Å². The molecule has 7 heteroatoms. The Hall–Kier alpha value is -3.58. The van der Waals surface area contributed by atoms with Gasteiger partial charge in [0.2, 0.25) is 5.95 Å². The lowest BCUT2D eigenvalue weighted by Crippen LogP contribution is -2.37. The van der Waals surface area contributed by atoms with Gasteiger partial charge in [-0.3, -0.25) is 9.67 Å². The van der Waals surface area contributed by atoms with Crippen LogP contribution in [0.5, 0.6) is 0 Å². The lowest BCUT2D eigenvalue weighted by molar-refractivity contribution is 0.363. The zero-order valence-corrected chi connectivity index (χ0v) is 19.4. The molecule has 0 saturated carbocycles. The summed E-state index contributed by atoms with van der Waals surface area (Å²) in [6.07, 6.45) is 12.6. The van der Waals surface area contributed by atoms with Crippen LogP contribution in [0.25, 0.3) is 22.5 Å². The largest absolute Gasteiger partial charge is 0.324 e. The fourth-order valence-electron chi connectivity index (χ4n) is 5.35. The van der Waals surface area contributed by atoms with Gasteiger partial charge in [0.05, 0.1) is 5.69 Å². The number of hydrogen-bond donors (Lipinski definition) is 2. The predicted molar refractivity (Wildman–Crippen MR) is 134 cm³/mol. The number of piperidine rings is 1. The number of nitrogens with zero attached hydrogens (tertiary/aromatic N) is 5. The minimum Gasteiger partial charge on any atom is -0.324 e. The standard InChI is InChI=1S/C27H29N7/c1-2-34-17-24(26(33-34)19-4-3-12-28-16-19)25-11-13-29-27(32-25)31-21-7-5-18(6-8-21)20-14-22-9-10-23(15-20)30-22/h3-8,11-13,16-17,20,22-23,30H,2,9-10,14-15H2,1H3,(H,29,31,32). The molecule has 6 rings (SSSR count). The van der Waals surface area contributed by atoms with Gasteiger partial charge in [-0.2, -0.15) is 5.10 Å². The van der Waals surface area contributed by atoms with Gasteiger partial charge in [-0.1, -0.05) is 12.1 Å². The van der Waals surface area contributed by atoms with E-state index in [0.29, 0.717) is 23.9 Å². The monoisotopic (exact) mass is 451 g/mol. The molecule has 34 heavy (non-hydrogen) atoms. The molecule has 2 atom stereocenters. The van der Waals surface area contributed by atoms with Crippen molar-refractivity contribution in [2.45, 2.75) is 57.2 Å². The molecule has 0 radical (unpaired) electrons. The molecule has 7 nitrogen and oxygen atoms in total. The topological polar surface area (TPSA) is 80.5 Å². The summed E-state index contributed by atoms with van der Waals surface area (Å²) >= 11 is 0. The van der Waals surface area contributed by atoms with Gasteiger partial charge < -0.3 is 10.6 Å². The maximum absolute atomic E-state index is 4.81. The Bertz CT molecular complexity index is 1250. The van der Waals surface area contributed by atoms with E-state index >= 15 is 0 Å². The number of pyridine rings is 1. The zero-order valence-electron chi connectivity index (χ0n) is 19.4. The first-order valence-corrected chi connectivity index (χ1v) is 12.2. The molecule has 5 heterocycles. The quantitative estimate of drug-likeness (QED) is 0.421. The summed E-state index contributed by atoms with van der Waals surface area (Å²) in [6.45, 7) is 2.86. The average molecular weight is 452 g/mol. The van der Waals surface area contributed by atoms with Crippen molar-refractivity contribution in [3.8, 4) is 22.5 Å². The molecule has 0 spiro atoms. The highest BCUT2D eigenvalue weighted by molar-refractivity contribution is 5.78. The molecule has 4 aromatic rings. The van der Waals surface area contributed by atoms with Crippen LogP contribution in [0.4, 0.5) is 11.6 Å². The van der Waals surface area contributed by atoms with Crippen molar-refractivity contribution >= 4 is 11.6 Å². The second-order valence-corrected chi connectivity index (χ2v) is 9.31. The normalized spacial score (nSPS) is 21.5. The summed E-state index contributed by atoms with van der Waals surface area (Å²) in [4.78, 5) is 13.5. The third-order valence-electron chi connectivity index (χ3n) is 7.06. The summed E-state index contributed by atoms with van der Waals surface area (Å²) in [6, 6.07) is 16.1. The van der Waals surface area contributed by atoms with Crippen LogP contribution in [0, 0.1) is 0 Å². The molecule has 2 bridgehead atoms. The van der Waals surface area contributed by atoms with Crippen molar-refractivity contribution in [1.82, 2.24) is 30.0 Å². The Labute approximate surface area is 199 Å². The lowest BCUT2D eigenvalue weighted by Gasteiger charge is -2.29. The maximum Gasteiger partial charge on any atom is 0.227 e. The lowest BCUT2D eigenvalue weighted by atomic mass is 9.86. The number of rotatable bonds is 6. The highest BCUT2D eigenvalue weighted by Crippen LogP contribution is 2.37. The molecule has 3 aromatic heterocycles. The Morgan fingerprint density at radius 3 is 2.59 bits per heavy atom. The minimum atomic E-state index is 0.576. The van der Waals surface area contributed by atoms with Gasteiger partial charge in [0.15, 0.2) is 0 Å². The molecule has 0 aliphatic carbocycles. The molecule has 2 fully saturated rings. The number of nitrogens with one attached hydrogen (secondary N) is 2. The number of fused-ring (bicyclic) bond motifs is 2. The SMILES string of the molecule is CCn1cc(-c2ccnc(Nc3ccc(C4CC5CCC(C4)N5)cc3)n2)c(-c2cccnc2)n1. The molecule has 2 saturated heterocycles. The average Bonchev–Trinajstić information content (AvgIpc) is 3.48. The number of benzene rings is 1. The van der Waals surface area contributed by atoms with Crippen molar-refractivity contribution in [3.63, 3.8) is 0 Å². The maximum atomic E-state index is 4.81. The van der Waals surface area contributed by atoms with Crippen LogP contribution in [-0.4, -0.2) is 36.8 Å². The summed E-state index contributed by atoms with van der Waals surface area (Å²) < 4.78 is 1.93. The van der Waals surface area contributed by atoms with Crippen molar-refractivity contribution in [1.29, 1.82) is 0 Å². The number of aromatic nitrogens is 5. The smallest absolute Gasteiger partial charge is 0.227 e. The Balaban J connectivity index is 1.23. The van der Waals surface area contributed by atoms with Crippen LogP contribution in [0.2, 0.25) is 0 Å². The molecule has 2 N–H and O–H groups in total. The molecule has 2 aliphatic heterocycles. The van der Waals surface area contributed by atoms with Gasteiger partial charge in [-0.15, -0.1) is 0 Å². The third kappa shape index (κ3) is 4.19. The highest BCUT2D eigenvalue weighted by atomic mass is 15.3. The second kappa shape index (κ2) is 8.99. The van der Waals surface area contributed by atoms with Crippen LogP contribution in [0.3, 0.4) is 0 Å². The summed E-state index contributed by atoms with van der Waals surface area (Å²) in [5.74, 6) is 1.24. The molecular weight excluding hydrogens is 422 g/mol. The van der Waals surface area contributed by atoms with Gasteiger partial charge >= 0.3 is 0 Å². The van der Waals surface area contributed by atoms with E-state index in [0.717, 1.165) is 34.7 Å². The van der Waals surface area contributed by atoms with Crippen LogP contribution in [0.15, 0.2) is 67.3 Å². The minimum absolute atomic E-state index is 0.576. The number of aryl methyl sites for hydroxylation is 1. The second-order valence-electron chi connectivity index (χ2n) is 9.31. The van der Waals surface area contributed by atoms with Crippen molar-refractivity contribution in [2.24, 2.45) is 0 Å². The van der Waals surface area contributed by atoms with E-state index in [-0.39, 0.29) is 0 Å². The Kier molecular flexibility index (Phi) is 5.55. The first-order valence-electron chi connectivity index (χ1n) is 12.2. The van der Waals surface area contributed by atoms with Crippen molar-refractivity contribution < 1.29 is 0 Å². The van der Waals surface area contributed by atoms with Gasteiger partial charge in [-0.05, 0) is 74.4 Å². The Morgan fingerprint density at radius 2 is 1.85 bits per heavy atom. The summed E-state index contributed by atoms with van der Waals surface area (Å²) in [5, 5.41) is 11.9. The molecule has 0 amide bonds. The molecule has 1 aromatic carbocycles. The van der Waals surface area contributed by atoms with Gasteiger partial charge in [0, 0.05) is 60.2 Å². The first-order chi connectivity index (χ1) is 16.7. The Morgan fingerprint density at radius 1 is 1.03 bits per heavy atom. The van der Waals surface area contributed by atoms with Crippen LogP contribution < -0.4 is 10.6 Å². The van der Waals surface area contributed by atoms with E-state index in [1.807, 2.05) is 35.3 Å². The highest BCUT2D eigenvalue weighted by Gasteiger charge is 2.33. The zero-order chi connectivity index (χ0) is 22.9. The summed E-state index contributed by atoms with van der Waals surface area (Å²) in [5.41, 5.74) is 6.08. The molecule has 2 aliphatic rings. The fourth-order valence-corrected chi connectivity index (χ4v) is 5.35. The van der Waals surface area contributed by atoms with Crippen LogP contribution >= 0.6 is 0 Å². The van der Waals surface area contributed by atoms with E-state index in [1.165, 1.54) is 31.2 Å². The van der Waals surface area contributed by atoms with Gasteiger partial charge in [0.25, 0.3) is 0 Å². The molecular formula is C27H29N7. The van der Waals surface area contributed by atoms with E-state index in [2.05, 4.69) is 51.8 Å². The van der Waals surface area contributed by atoms with E-state index < -0.39 is 0 Å². The van der Waals surface area contributed by atoms with E-state index in [9.17, 15) is 0 Å². The fraction of sp³-hybridized carbons (Fsp3) is 0.333. The number of anilines is 2.